The Labute approximate surface area is 176 Å². The van der Waals surface area contributed by atoms with Crippen molar-refractivity contribution in [1.29, 1.82) is 0 Å². The van der Waals surface area contributed by atoms with Crippen LogP contribution >= 0.6 is 11.6 Å². The van der Waals surface area contributed by atoms with E-state index in [0.29, 0.717) is 17.2 Å². The van der Waals surface area contributed by atoms with Crippen LogP contribution in [0.2, 0.25) is 18.1 Å². The van der Waals surface area contributed by atoms with Crippen molar-refractivity contribution >= 4 is 26.5 Å². The van der Waals surface area contributed by atoms with E-state index in [2.05, 4.69) is 56.0 Å². The average Bonchev–Trinajstić information content (AvgIpc) is 2.54. The fourth-order valence-electron chi connectivity index (χ4n) is 2.34. The van der Waals surface area contributed by atoms with Gasteiger partial charge in [0, 0.05) is 12.3 Å². The highest BCUT2D eigenvalue weighted by atomic mass is 35.5. The number of hydrogen-bond acceptors (Lipinski definition) is 4. The maximum atomic E-state index is 12.7. The maximum absolute atomic E-state index is 12.7. The zero-order chi connectivity index (χ0) is 21.5. The van der Waals surface area contributed by atoms with Crippen molar-refractivity contribution in [2.24, 2.45) is 5.41 Å². The summed E-state index contributed by atoms with van der Waals surface area (Å²) in [5.41, 5.74) is -0.815. The molecule has 1 amide bonds. The highest BCUT2D eigenvalue weighted by Gasteiger charge is 2.27. The standard InChI is InChI=1S/C21H33ClN2O3Si/c1-9-17(26-16-12-15(22)13-23-14-16)19(25)24-21(5,6)11-10-18(20(2,3)4)27-28(7)8/h12-14,17-18,28H,9H2,1-8H3,(H,24,25). The van der Waals surface area contributed by atoms with Crippen LogP contribution in [0.3, 0.4) is 0 Å². The van der Waals surface area contributed by atoms with Crippen LogP contribution in [-0.2, 0) is 9.22 Å². The Kier molecular flexibility index (Phi) is 9.00. The Morgan fingerprint density at radius 1 is 1.29 bits per heavy atom. The van der Waals surface area contributed by atoms with Crippen LogP contribution in [0.5, 0.6) is 5.75 Å². The fraction of sp³-hybridized carbons (Fsp3) is 0.619. The molecule has 2 atom stereocenters. The van der Waals surface area contributed by atoms with E-state index in [1.165, 1.54) is 12.4 Å². The minimum Gasteiger partial charge on any atom is -0.479 e. The molecule has 0 fully saturated rings. The number of ether oxygens (including phenoxy) is 1. The first-order valence-electron chi connectivity index (χ1n) is 9.61. The van der Waals surface area contributed by atoms with Gasteiger partial charge >= 0.3 is 0 Å². The van der Waals surface area contributed by atoms with Gasteiger partial charge in [0.15, 0.2) is 15.1 Å². The predicted molar refractivity (Wildman–Crippen MR) is 117 cm³/mol. The molecule has 0 bridgehead atoms. The summed E-state index contributed by atoms with van der Waals surface area (Å²) in [4.78, 5) is 16.7. The van der Waals surface area contributed by atoms with Crippen LogP contribution in [0.4, 0.5) is 0 Å². The summed E-state index contributed by atoms with van der Waals surface area (Å²) < 4.78 is 11.8. The van der Waals surface area contributed by atoms with E-state index in [1.807, 2.05) is 20.8 Å². The number of carbonyl (C=O) groups excluding carboxylic acids is 1. The van der Waals surface area contributed by atoms with E-state index in [4.69, 9.17) is 20.8 Å². The molecule has 1 aromatic rings. The van der Waals surface area contributed by atoms with Crippen molar-refractivity contribution in [3.63, 3.8) is 0 Å². The maximum Gasteiger partial charge on any atom is 0.262 e. The van der Waals surface area contributed by atoms with Crippen molar-refractivity contribution in [1.82, 2.24) is 10.3 Å². The van der Waals surface area contributed by atoms with Crippen LogP contribution in [0.25, 0.3) is 0 Å². The molecule has 0 aromatic carbocycles. The molecule has 7 heteroatoms. The second-order valence-corrected chi connectivity index (χ2v) is 11.5. The molecule has 0 aliphatic rings. The zero-order valence-electron chi connectivity index (χ0n) is 18.2. The number of rotatable bonds is 7. The number of amides is 1. The van der Waals surface area contributed by atoms with Gasteiger partial charge in [0.1, 0.15) is 11.9 Å². The van der Waals surface area contributed by atoms with Crippen LogP contribution < -0.4 is 10.1 Å². The van der Waals surface area contributed by atoms with Crippen molar-refractivity contribution in [3.05, 3.63) is 23.5 Å². The SMILES string of the molecule is CCC(Oc1cncc(Cl)c1)C(=O)NC(C)(C)C#CC(O[SiH](C)C)C(C)(C)C. The monoisotopic (exact) mass is 424 g/mol. The molecule has 1 aromatic heterocycles. The molecule has 2 unspecified atom stereocenters. The lowest BCUT2D eigenvalue weighted by Gasteiger charge is -2.29. The lowest BCUT2D eigenvalue weighted by molar-refractivity contribution is -0.129. The summed E-state index contributed by atoms with van der Waals surface area (Å²) in [5.74, 6) is 6.64. The summed E-state index contributed by atoms with van der Waals surface area (Å²) in [6, 6.07) is 1.64. The third-order valence-electron chi connectivity index (χ3n) is 3.77. The molecule has 28 heavy (non-hydrogen) atoms. The molecule has 0 radical (unpaired) electrons. The lowest BCUT2D eigenvalue weighted by Crippen LogP contribution is -2.48. The highest BCUT2D eigenvalue weighted by Crippen LogP contribution is 2.23. The first kappa shape index (κ1) is 24.5. The van der Waals surface area contributed by atoms with Crippen LogP contribution in [-0.4, -0.2) is 37.7 Å². The van der Waals surface area contributed by atoms with Gasteiger partial charge < -0.3 is 14.5 Å². The molecule has 0 spiro atoms. The van der Waals surface area contributed by atoms with E-state index in [9.17, 15) is 4.79 Å². The third-order valence-corrected chi connectivity index (χ3v) is 4.79. The number of nitrogens with one attached hydrogen (secondary N) is 1. The molecule has 1 N–H and O–H groups in total. The molecule has 0 aliphatic heterocycles. The quantitative estimate of drug-likeness (QED) is 0.526. The van der Waals surface area contributed by atoms with Gasteiger partial charge in [0.2, 0.25) is 0 Å². The second-order valence-electron chi connectivity index (χ2n) is 8.67. The Morgan fingerprint density at radius 2 is 1.93 bits per heavy atom. The smallest absolute Gasteiger partial charge is 0.262 e. The first-order chi connectivity index (χ1) is 12.8. The molecule has 5 nitrogen and oxygen atoms in total. The minimum absolute atomic E-state index is 0.0982. The predicted octanol–water partition coefficient (Wildman–Crippen LogP) is 4.21. The Morgan fingerprint density at radius 3 is 2.43 bits per heavy atom. The molecule has 0 aliphatic carbocycles. The third kappa shape index (κ3) is 8.64. The second kappa shape index (κ2) is 10.3. The van der Waals surface area contributed by atoms with E-state index >= 15 is 0 Å². The molecular weight excluding hydrogens is 392 g/mol. The van der Waals surface area contributed by atoms with E-state index in [1.54, 1.807) is 6.07 Å². The number of aromatic nitrogens is 1. The summed E-state index contributed by atoms with van der Waals surface area (Å²) in [6.07, 6.45) is 2.73. The van der Waals surface area contributed by atoms with Gasteiger partial charge in [-0.25, -0.2) is 0 Å². The van der Waals surface area contributed by atoms with E-state index in [-0.39, 0.29) is 17.4 Å². The van der Waals surface area contributed by atoms with E-state index in [0.717, 1.165) is 0 Å². The fourth-order valence-corrected chi connectivity index (χ4v) is 3.52. The minimum atomic E-state index is -1.23. The van der Waals surface area contributed by atoms with Crippen LogP contribution in [0.1, 0.15) is 48.0 Å². The van der Waals surface area contributed by atoms with Gasteiger partial charge in [-0.1, -0.05) is 51.1 Å². The van der Waals surface area contributed by atoms with Gasteiger partial charge in [-0.2, -0.15) is 0 Å². The summed E-state index contributed by atoms with van der Waals surface area (Å²) in [7, 11) is -1.23. The molecule has 1 rings (SSSR count). The summed E-state index contributed by atoms with van der Waals surface area (Å²) in [6.45, 7) is 16.2. The summed E-state index contributed by atoms with van der Waals surface area (Å²) in [5, 5.41) is 3.43. The Hall–Kier alpha value is -1.55. The zero-order valence-corrected chi connectivity index (χ0v) is 20.1. The van der Waals surface area contributed by atoms with Gasteiger partial charge in [0.25, 0.3) is 5.91 Å². The van der Waals surface area contributed by atoms with Gasteiger partial charge in [0.05, 0.1) is 16.8 Å². The average molecular weight is 425 g/mol. The van der Waals surface area contributed by atoms with Crippen molar-refractivity contribution in [3.8, 4) is 17.6 Å². The first-order valence-corrected chi connectivity index (χ1v) is 12.8. The van der Waals surface area contributed by atoms with E-state index < -0.39 is 20.7 Å². The molecule has 156 valence electrons. The lowest BCUT2D eigenvalue weighted by atomic mass is 9.89. The van der Waals surface area contributed by atoms with Crippen molar-refractivity contribution < 1.29 is 14.0 Å². The normalized spacial score (nSPS) is 14.1. The Balaban J connectivity index is 2.87. The van der Waals surface area contributed by atoms with Crippen molar-refractivity contribution in [2.75, 3.05) is 0 Å². The number of carbonyl (C=O) groups is 1. The number of hydrogen-bond donors (Lipinski definition) is 1. The largest absolute Gasteiger partial charge is 0.479 e. The van der Waals surface area contributed by atoms with Crippen molar-refractivity contribution in [2.45, 2.75) is 78.8 Å². The molecule has 1 heterocycles. The molecular formula is C21H33ClN2O3Si. The summed E-state index contributed by atoms with van der Waals surface area (Å²) >= 11 is 5.93. The van der Waals surface area contributed by atoms with Crippen LogP contribution in [0, 0.1) is 17.3 Å². The number of pyridine rings is 1. The molecule has 0 saturated heterocycles. The highest BCUT2D eigenvalue weighted by molar-refractivity contribution is 6.48. The van der Waals surface area contributed by atoms with Gasteiger partial charge in [-0.05, 0) is 38.8 Å². The van der Waals surface area contributed by atoms with Crippen LogP contribution in [0.15, 0.2) is 18.5 Å². The molecule has 0 saturated carbocycles. The number of nitrogens with zero attached hydrogens (tertiary/aromatic N) is 1. The topological polar surface area (TPSA) is 60.5 Å². The van der Waals surface area contributed by atoms with Gasteiger partial charge in [-0.15, -0.1) is 0 Å². The number of halogens is 1. The van der Waals surface area contributed by atoms with Gasteiger partial charge in [-0.3, -0.25) is 9.78 Å². The Bertz CT molecular complexity index is 720.